The lowest BCUT2D eigenvalue weighted by atomic mass is 9.39. The molecule has 0 spiro atoms. The summed E-state index contributed by atoms with van der Waals surface area (Å²) in [5, 5.41) is 4.08. The van der Waals surface area contributed by atoms with E-state index >= 15 is 0 Å². The number of hydrogen-bond donors (Lipinski definition) is 1. The molecule has 0 radical (unpaired) electrons. The molecule has 1 atom stereocenters. The quantitative estimate of drug-likeness (QED) is 0.627. The molecule has 2 aromatic heterocycles. The van der Waals surface area contributed by atoms with E-state index in [1.54, 1.807) is 24.3 Å². The first-order chi connectivity index (χ1) is 13.6. The van der Waals surface area contributed by atoms with Gasteiger partial charge in [-0.2, -0.15) is 0 Å². The van der Waals surface area contributed by atoms with Crippen molar-refractivity contribution in [2.24, 2.45) is 0 Å². The van der Waals surface area contributed by atoms with Crippen LogP contribution >= 0.6 is 22.9 Å². The number of halogens is 1. The van der Waals surface area contributed by atoms with Crippen LogP contribution < -0.4 is 5.32 Å². The number of benzene rings is 1. The van der Waals surface area contributed by atoms with Crippen LogP contribution in [-0.2, 0) is 15.3 Å². The highest BCUT2D eigenvalue weighted by molar-refractivity contribution is 7.90. The molecule has 6 nitrogen and oxygen atoms in total. The van der Waals surface area contributed by atoms with Gasteiger partial charge in [0.1, 0.15) is 16.0 Å². The van der Waals surface area contributed by atoms with Gasteiger partial charge in [0.25, 0.3) is 5.91 Å². The van der Waals surface area contributed by atoms with Gasteiger partial charge >= 0.3 is 0 Å². The fraction of sp³-hybridized carbons (Fsp3) is 0.400. The van der Waals surface area contributed by atoms with Crippen molar-refractivity contribution >= 4 is 48.9 Å². The summed E-state index contributed by atoms with van der Waals surface area (Å²) < 4.78 is 30.0. The van der Waals surface area contributed by atoms with E-state index in [2.05, 4.69) is 5.32 Å². The monoisotopic (exact) mass is 450 g/mol. The first-order valence-electron chi connectivity index (χ1n) is 9.27. The molecule has 0 unspecified atom stereocenters. The summed E-state index contributed by atoms with van der Waals surface area (Å²) in [6.07, 6.45) is 3.71. The van der Waals surface area contributed by atoms with Crippen LogP contribution in [0.2, 0.25) is 5.02 Å². The number of rotatable bonds is 5. The van der Waals surface area contributed by atoms with Gasteiger partial charge in [0.05, 0.1) is 10.2 Å². The third kappa shape index (κ3) is 3.00. The average molecular weight is 451 g/mol. The predicted octanol–water partition coefficient (Wildman–Crippen LogP) is 4.25. The Labute approximate surface area is 177 Å². The van der Waals surface area contributed by atoms with Crippen molar-refractivity contribution in [3.05, 3.63) is 51.9 Å². The molecule has 2 heterocycles. The minimum Gasteiger partial charge on any atom is -0.455 e. The van der Waals surface area contributed by atoms with Crippen LogP contribution in [-0.4, -0.2) is 31.1 Å². The summed E-state index contributed by atoms with van der Waals surface area (Å²) in [5.74, 6) is 0.116. The van der Waals surface area contributed by atoms with E-state index < -0.39 is 15.1 Å². The molecular formula is C20H19ClN2O4S2. The Morgan fingerprint density at radius 3 is 2.69 bits per heavy atom. The summed E-state index contributed by atoms with van der Waals surface area (Å²) in [7, 11) is -3.28. The van der Waals surface area contributed by atoms with E-state index in [1.165, 1.54) is 6.07 Å². The Bertz CT molecular complexity index is 1240. The second kappa shape index (κ2) is 6.06. The molecule has 1 aromatic carbocycles. The molecule has 0 saturated heterocycles. The van der Waals surface area contributed by atoms with Crippen molar-refractivity contribution in [2.75, 3.05) is 6.26 Å². The maximum atomic E-state index is 12.6. The molecule has 1 amide bonds. The van der Waals surface area contributed by atoms with E-state index in [1.807, 2.05) is 18.2 Å². The van der Waals surface area contributed by atoms with Crippen molar-refractivity contribution in [3.63, 3.8) is 0 Å². The third-order valence-electron chi connectivity index (χ3n) is 6.11. The number of amides is 1. The van der Waals surface area contributed by atoms with E-state index in [0.29, 0.717) is 5.02 Å². The van der Waals surface area contributed by atoms with Crippen LogP contribution in [0.5, 0.6) is 0 Å². The van der Waals surface area contributed by atoms with Gasteiger partial charge in [0.15, 0.2) is 15.6 Å². The number of thiazole rings is 1. The number of furan rings is 1. The number of aromatic nitrogens is 1. The van der Waals surface area contributed by atoms with Crippen molar-refractivity contribution in [1.29, 1.82) is 0 Å². The summed E-state index contributed by atoms with van der Waals surface area (Å²) in [6.45, 7) is 1.55. The first-order valence-corrected chi connectivity index (χ1v) is 12.4. The number of sulfone groups is 1. The van der Waals surface area contributed by atoms with Gasteiger partial charge in [0.2, 0.25) is 0 Å². The van der Waals surface area contributed by atoms with E-state index in [9.17, 15) is 13.2 Å². The number of nitrogens with zero attached hydrogens (tertiary/aromatic N) is 1. The van der Waals surface area contributed by atoms with Gasteiger partial charge in [-0.25, -0.2) is 13.4 Å². The summed E-state index contributed by atoms with van der Waals surface area (Å²) in [5.41, 5.74) is 0.744. The SMILES string of the molecule is C[C@H](c1ccc(C(=O)NC23CC(c4nc5cc(Cl)ccc5s4)(C2)C3)o1)S(C)(=O)=O. The fourth-order valence-electron chi connectivity index (χ4n) is 4.48. The maximum absolute atomic E-state index is 12.6. The van der Waals surface area contributed by atoms with Gasteiger partial charge < -0.3 is 9.73 Å². The second-order valence-electron chi connectivity index (χ2n) is 8.35. The molecule has 3 saturated carbocycles. The Morgan fingerprint density at radius 1 is 1.28 bits per heavy atom. The second-order valence-corrected chi connectivity index (χ2v) is 12.2. The van der Waals surface area contributed by atoms with Crippen LogP contribution in [0.4, 0.5) is 0 Å². The number of carbonyl (C=O) groups excluding carboxylic acids is 1. The molecule has 3 aliphatic carbocycles. The number of carbonyl (C=O) groups is 1. The molecule has 152 valence electrons. The van der Waals surface area contributed by atoms with E-state index in [-0.39, 0.29) is 28.4 Å². The molecule has 6 rings (SSSR count). The van der Waals surface area contributed by atoms with Crippen molar-refractivity contribution in [2.45, 2.75) is 42.4 Å². The topological polar surface area (TPSA) is 89.3 Å². The lowest BCUT2D eigenvalue weighted by molar-refractivity contribution is -0.0811. The molecule has 2 bridgehead atoms. The van der Waals surface area contributed by atoms with Crippen molar-refractivity contribution < 1.29 is 17.6 Å². The average Bonchev–Trinajstić information content (AvgIpc) is 3.21. The minimum absolute atomic E-state index is 0.0442. The van der Waals surface area contributed by atoms with Gasteiger partial charge in [-0.05, 0) is 56.5 Å². The number of nitrogens with one attached hydrogen (secondary N) is 1. The predicted molar refractivity (Wildman–Crippen MR) is 112 cm³/mol. The zero-order chi connectivity index (χ0) is 20.6. The smallest absolute Gasteiger partial charge is 0.287 e. The molecule has 29 heavy (non-hydrogen) atoms. The van der Waals surface area contributed by atoms with Crippen LogP contribution in [0.3, 0.4) is 0 Å². The largest absolute Gasteiger partial charge is 0.455 e. The Morgan fingerprint density at radius 2 is 2.00 bits per heavy atom. The van der Waals surface area contributed by atoms with Gasteiger partial charge in [-0.1, -0.05) is 11.6 Å². The first kappa shape index (κ1) is 19.1. The van der Waals surface area contributed by atoms with Crippen molar-refractivity contribution in [3.8, 4) is 0 Å². The summed E-state index contributed by atoms with van der Waals surface area (Å²) >= 11 is 7.75. The van der Waals surface area contributed by atoms with Gasteiger partial charge in [-0.15, -0.1) is 11.3 Å². The molecule has 0 aliphatic heterocycles. The molecule has 9 heteroatoms. The Kier molecular flexibility index (Phi) is 3.99. The standard InChI is InChI=1S/C20H19ClN2O4S2/c1-11(29(2,25)26)14-4-5-15(27-14)17(24)23-20-8-19(9-20,10-20)18-22-13-7-12(21)3-6-16(13)28-18/h3-7,11H,8-10H2,1-2H3,(H,23,24)/t11-,19?,20?/m1/s1. The van der Waals surface area contributed by atoms with Crippen LogP contribution in [0.1, 0.15) is 52.8 Å². The summed E-state index contributed by atoms with van der Waals surface area (Å²) in [6, 6.07) is 8.83. The molecule has 3 aliphatic rings. The molecule has 1 N–H and O–H groups in total. The van der Waals surface area contributed by atoms with E-state index in [0.717, 1.165) is 40.7 Å². The third-order valence-corrected chi connectivity index (χ3v) is 9.14. The van der Waals surface area contributed by atoms with Crippen molar-refractivity contribution in [1.82, 2.24) is 10.3 Å². The van der Waals surface area contributed by atoms with Crippen LogP contribution in [0, 0.1) is 0 Å². The highest BCUT2D eigenvalue weighted by Gasteiger charge is 2.70. The molecule has 3 fully saturated rings. The molecular weight excluding hydrogens is 432 g/mol. The normalized spacial score (nSPS) is 26.6. The van der Waals surface area contributed by atoms with Gasteiger partial charge in [0, 0.05) is 22.2 Å². The zero-order valence-corrected chi connectivity index (χ0v) is 18.2. The lowest BCUT2D eigenvalue weighted by Crippen LogP contribution is -2.76. The lowest BCUT2D eigenvalue weighted by Gasteiger charge is -2.69. The number of fused-ring (bicyclic) bond motifs is 1. The zero-order valence-electron chi connectivity index (χ0n) is 15.9. The maximum Gasteiger partial charge on any atom is 0.287 e. The van der Waals surface area contributed by atoms with E-state index in [4.69, 9.17) is 21.0 Å². The van der Waals surface area contributed by atoms with Crippen LogP contribution in [0.15, 0.2) is 34.7 Å². The Hall–Kier alpha value is -1.90. The fourth-order valence-corrected chi connectivity index (χ4v) is 6.33. The highest BCUT2D eigenvalue weighted by Crippen LogP contribution is 2.68. The highest BCUT2D eigenvalue weighted by atomic mass is 35.5. The van der Waals surface area contributed by atoms with Crippen LogP contribution in [0.25, 0.3) is 10.2 Å². The van der Waals surface area contributed by atoms with Gasteiger partial charge in [-0.3, -0.25) is 4.79 Å². The Balaban J connectivity index is 1.27. The number of hydrogen-bond acceptors (Lipinski definition) is 6. The molecule has 3 aromatic rings. The summed E-state index contributed by atoms with van der Waals surface area (Å²) in [4.78, 5) is 17.4. The minimum atomic E-state index is -3.28.